The maximum atomic E-state index is 12.6. The van der Waals surface area contributed by atoms with Gasteiger partial charge in [0.25, 0.3) is 0 Å². The Balaban J connectivity index is 2.04. The van der Waals surface area contributed by atoms with Gasteiger partial charge in [-0.05, 0) is 0 Å². The van der Waals surface area contributed by atoms with Crippen LogP contribution < -0.4 is 0 Å². The minimum atomic E-state index is -1.17. The van der Waals surface area contributed by atoms with Gasteiger partial charge < -0.3 is 0 Å². The van der Waals surface area contributed by atoms with E-state index in [0.717, 1.165) is 19.9 Å². The van der Waals surface area contributed by atoms with Crippen molar-refractivity contribution in [3.63, 3.8) is 0 Å². The molecule has 0 spiro atoms. The summed E-state index contributed by atoms with van der Waals surface area (Å²) in [7, 11) is -1.17. The molecule has 0 N–H and O–H groups in total. The first-order valence-corrected chi connectivity index (χ1v) is 8.48. The summed E-state index contributed by atoms with van der Waals surface area (Å²) in [4.78, 5) is 0.806. The zero-order valence-electron chi connectivity index (χ0n) is 9.89. The molecule has 0 saturated carbocycles. The van der Waals surface area contributed by atoms with E-state index >= 15 is 0 Å². The summed E-state index contributed by atoms with van der Waals surface area (Å²) in [5.74, 6) is 0. The zero-order valence-corrected chi connectivity index (χ0v) is 12.4. The molecule has 3 nitrogen and oxygen atoms in total. The summed E-state index contributed by atoms with van der Waals surface area (Å²) in [6.45, 7) is 0. The third kappa shape index (κ3) is 2.59. The average molecular weight is 333 g/mol. The first-order chi connectivity index (χ1) is 9.36. The molecule has 94 valence electrons. The van der Waals surface area contributed by atoms with Crippen molar-refractivity contribution in [3.8, 4) is 11.3 Å². The predicted molar refractivity (Wildman–Crippen MR) is 75.5 cm³/mol. The first-order valence-electron chi connectivity index (χ1n) is 5.71. The van der Waals surface area contributed by atoms with Gasteiger partial charge in [-0.2, -0.15) is 0 Å². The van der Waals surface area contributed by atoms with E-state index in [2.05, 4.69) is 9.19 Å². The van der Waals surface area contributed by atoms with Crippen LogP contribution in [-0.4, -0.2) is 28.1 Å². The quantitative estimate of drug-likeness (QED) is 0.691. The molecule has 1 unspecified atom stereocenters. The first kappa shape index (κ1) is 12.5. The van der Waals surface area contributed by atoms with Crippen molar-refractivity contribution in [2.24, 2.45) is 0 Å². The third-order valence-electron chi connectivity index (χ3n) is 2.63. The third-order valence-corrected chi connectivity index (χ3v) is 6.30. The van der Waals surface area contributed by atoms with E-state index in [-0.39, 0.29) is 14.7 Å². The van der Waals surface area contributed by atoms with Gasteiger partial charge in [-0.15, -0.1) is 0 Å². The molecule has 2 aromatic carbocycles. The van der Waals surface area contributed by atoms with Gasteiger partial charge in [0.05, 0.1) is 0 Å². The molecule has 0 aliphatic carbocycles. The molecule has 5 heteroatoms. The second-order valence-electron chi connectivity index (χ2n) is 3.86. The van der Waals surface area contributed by atoms with Crippen molar-refractivity contribution < 1.29 is 4.21 Å². The number of hydrogen-bond acceptors (Lipinski definition) is 3. The van der Waals surface area contributed by atoms with Gasteiger partial charge in [0.2, 0.25) is 0 Å². The molecule has 0 aliphatic rings. The Morgan fingerprint density at radius 3 is 2.21 bits per heavy atom. The van der Waals surface area contributed by atoms with Crippen LogP contribution in [0.3, 0.4) is 0 Å². The molecule has 0 saturated heterocycles. The van der Waals surface area contributed by atoms with Crippen LogP contribution >= 0.6 is 0 Å². The minimum absolute atomic E-state index is 0.175. The Morgan fingerprint density at radius 2 is 1.53 bits per heavy atom. The fourth-order valence-electron chi connectivity index (χ4n) is 1.73. The Bertz CT molecular complexity index is 698. The normalized spacial score (nSPS) is 12.2. The van der Waals surface area contributed by atoms with E-state index in [1.54, 1.807) is 0 Å². The summed E-state index contributed by atoms with van der Waals surface area (Å²) in [5, 5.41) is 4.17. The number of nitrogens with zero attached hydrogens (tertiary/aromatic N) is 2. The number of hydrogen-bond donors (Lipinski definition) is 0. The fourth-order valence-corrected chi connectivity index (χ4v) is 4.88. The van der Waals surface area contributed by atoms with Crippen LogP contribution in [0.2, 0.25) is 0 Å². The molecule has 1 atom stereocenters. The molecule has 3 rings (SSSR count). The van der Waals surface area contributed by atoms with E-state index < -0.39 is 10.8 Å². The van der Waals surface area contributed by atoms with Crippen molar-refractivity contribution in [1.29, 1.82) is 0 Å². The van der Waals surface area contributed by atoms with Crippen LogP contribution in [0.1, 0.15) is 0 Å². The van der Waals surface area contributed by atoms with E-state index in [9.17, 15) is 4.21 Å². The van der Waals surface area contributed by atoms with E-state index in [1.165, 1.54) is 0 Å². The molecule has 0 radical (unpaired) electrons. The van der Waals surface area contributed by atoms with Gasteiger partial charge in [0.15, 0.2) is 0 Å². The van der Waals surface area contributed by atoms with Gasteiger partial charge in [-0.25, -0.2) is 0 Å². The number of benzene rings is 2. The molecular formula is C14H10N2OSSe. The molecule has 0 bridgehead atoms. The Labute approximate surface area is 119 Å². The number of aromatic nitrogens is 2. The van der Waals surface area contributed by atoms with Gasteiger partial charge in [0, 0.05) is 0 Å². The summed E-state index contributed by atoms with van der Waals surface area (Å²) in [6.07, 6.45) is 0. The van der Waals surface area contributed by atoms with Crippen molar-refractivity contribution in [1.82, 2.24) is 9.19 Å². The summed E-state index contributed by atoms with van der Waals surface area (Å²) in [6, 6.07) is 19.3. The Hall–Kier alpha value is -1.55. The van der Waals surface area contributed by atoms with Crippen molar-refractivity contribution >= 4 is 25.5 Å². The van der Waals surface area contributed by atoms with Crippen molar-refractivity contribution in [3.05, 3.63) is 60.7 Å². The Morgan fingerprint density at radius 1 is 0.895 bits per heavy atom. The van der Waals surface area contributed by atoms with E-state index in [4.69, 9.17) is 0 Å². The van der Waals surface area contributed by atoms with Crippen LogP contribution in [0.5, 0.6) is 0 Å². The molecule has 19 heavy (non-hydrogen) atoms. The van der Waals surface area contributed by atoms with Crippen molar-refractivity contribution in [2.45, 2.75) is 8.66 Å². The van der Waals surface area contributed by atoms with Crippen molar-refractivity contribution in [2.75, 3.05) is 0 Å². The predicted octanol–water partition coefficient (Wildman–Crippen LogP) is 2.37. The average Bonchev–Trinajstić information content (AvgIpc) is 2.98. The monoisotopic (exact) mass is 334 g/mol. The summed E-state index contributed by atoms with van der Waals surface area (Å²) < 4.78 is 17.5. The van der Waals surface area contributed by atoms with Crippen LogP contribution in [0.25, 0.3) is 11.3 Å². The molecule has 1 heterocycles. The van der Waals surface area contributed by atoms with Gasteiger partial charge in [-0.3, -0.25) is 0 Å². The van der Waals surface area contributed by atoms with Crippen LogP contribution in [0, 0.1) is 0 Å². The fraction of sp³-hybridized carbons (Fsp3) is 0. The summed E-state index contributed by atoms with van der Waals surface area (Å²) in [5.41, 5.74) is 1.74. The summed E-state index contributed by atoms with van der Waals surface area (Å²) >= 11 is -0.175. The standard InChI is InChI=1S/C14H10N2OSSe/c17-18(12-9-5-2-6-10-12)14-13(15-16-19-14)11-7-3-1-4-8-11/h1-10H. The SMILES string of the molecule is O=S(c1ccccc1)c1[se]nnc1-c1ccccc1. The van der Waals surface area contributed by atoms with E-state index in [0.29, 0.717) is 0 Å². The molecule has 3 aromatic rings. The second kappa shape index (κ2) is 5.61. The van der Waals surface area contributed by atoms with Gasteiger partial charge in [-0.1, -0.05) is 0 Å². The second-order valence-corrected chi connectivity index (χ2v) is 7.44. The molecule has 0 fully saturated rings. The molecule has 0 amide bonds. The van der Waals surface area contributed by atoms with Crippen LogP contribution in [0.15, 0.2) is 69.3 Å². The maximum absolute atomic E-state index is 12.6. The van der Waals surface area contributed by atoms with Crippen LogP contribution in [-0.2, 0) is 10.8 Å². The molecular weight excluding hydrogens is 323 g/mol. The topological polar surface area (TPSA) is 42.9 Å². The number of rotatable bonds is 3. The van der Waals surface area contributed by atoms with Crippen LogP contribution in [0.4, 0.5) is 0 Å². The molecule has 1 aromatic heterocycles. The Kier molecular flexibility index (Phi) is 3.69. The van der Waals surface area contributed by atoms with Gasteiger partial charge >= 0.3 is 120 Å². The van der Waals surface area contributed by atoms with Gasteiger partial charge in [0.1, 0.15) is 0 Å². The zero-order chi connectivity index (χ0) is 13.1. The van der Waals surface area contributed by atoms with E-state index in [1.807, 2.05) is 60.7 Å². The molecule has 0 aliphatic heterocycles.